The molecule has 6 heteroatoms. The van der Waals surface area contributed by atoms with Gasteiger partial charge in [-0.2, -0.15) is 0 Å². The van der Waals surface area contributed by atoms with E-state index in [2.05, 4.69) is 25.7 Å². The fraction of sp³-hybridized carbons (Fsp3) is 0.951. The predicted molar refractivity (Wildman–Crippen MR) is 200 cm³/mol. The van der Waals surface area contributed by atoms with Crippen molar-refractivity contribution < 1.29 is 24.2 Å². The Balaban J connectivity index is 4.13. The molecule has 0 radical (unpaired) electrons. The summed E-state index contributed by atoms with van der Waals surface area (Å²) in [5.41, 5.74) is 0. The van der Waals surface area contributed by atoms with Crippen LogP contribution in [0.2, 0.25) is 0 Å². The summed E-state index contributed by atoms with van der Waals surface area (Å²) in [7, 11) is 0. The highest BCUT2D eigenvalue weighted by Crippen LogP contribution is 2.18. The fourth-order valence-electron chi connectivity index (χ4n) is 6.32. The largest absolute Gasteiger partial charge is 0.466 e. The number of carbonyl (C=O) groups excluding carboxylic acids is 2. The normalized spacial score (nSPS) is 11.5. The van der Waals surface area contributed by atoms with Crippen LogP contribution >= 0.6 is 0 Å². The van der Waals surface area contributed by atoms with Crippen LogP contribution in [0, 0.1) is 0 Å². The van der Waals surface area contributed by atoms with E-state index >= 15 is 0 Å². The highest BCUT2D eigenvalue weighted by molar-refractivity contribution is 5.69. The molecule has 0 rings (SSSR count). The van der Waals surface area contributed by atoms with Crippen LogP contribution in [0.4, 0.5) is 0 Å². The zero-order chi connectivity index (χ0) is 34.5. The van der Waals surface area contributed by atoms with Crippen LogP contribution in [0.3, 0.4) is 0 Å². The summed E-state index contributed by atoms with van der Waals surface area (Å²) in [6.45, 7) is 9.91. The Hall–Kier alpha value is -1.14. The quantitative estimate of drug-likeness (QED) is 0.0521. The third kappa shape index (κ3) is 34.5. The van der Waals surface area contributed by atoms with Crippen molar-refractivity contribution in [3.63, 3.8) is 0 Å². The minimum absolute atomic E-state index is 0.00330. The molecule has 0 saturated carbocycles. The molecule has 0 aromatic rings. The van der Waals surface area contributed by atoms with Gasteiger partial charge in [0.1, 0.15) is 6.10 Å². The van der Waals surface area contributed by atoms with E-state index in [0.717, 1.165) is 77.3 Å². The molecule has 1 N–H and O–H groups in total. The summed E-state index contributed by atoms with van der Waals surface area (Å²) in [5, 5.41) is 9.32. The van der Waals surface area contributed by atoms with E-state index in [0.29, 0.717) is 26.0 Å². The van der Waals surface area contributed by atoms with E-state index in [1.54, 1.807) is 0 Å². The molecule has 0 bridgehead atoms. The molecule has 0 fully saturated rings. The third-order valence-electron chi connectivity index (χ3n) is 9.44. The smallest absolute Gasteiger partial charge is 0.307 e. The molecule has 0 unspecified atom stereocenters. The number of rotatable bonds is 38. The second-order valence-electron chi connectivity index (χ2n) is 14.1. The Labute approximate surface area is 292 Å². The number of carbonyl (C=O) groups is 2. The summed E-state index contributed by atoms with van der Waals surface area (Å²) in [4.78, 5) is 27.2. The summed E-state index contributed by atoms with van der Waals surface area (Å²) in [6.07, 6.45) is 34.3. The number of esters is 2. The maximum atomic E-state index is 12.7. The maximum absolute atomic E-state index is 12.7. The molecular weight excluding hydrogens is 586 g/mol. The molecule has 0 atom stereocenters. The fourth-order valence-corrected chi connectivity index (χ4v) is 6.32. The molecule has 0 aromatic heterocycles. The number of aliphatic hydroxyl groups excluding tert-OH is 1. The van der Waals surface area contributed by atoms with E-state index in [1.165, 1.54) is 116 Å². The Morgan fingerprint density at radius 1 is 0.489 bits per heavy atom. The molecule has 280 valence electrons. The van der Waals surface area contributed by atoms with Crippen LogP contribution in [0.1, 0.15) is 213 Å². The zero-order valence-corrected chi connectivity index (χ0v) is 31.9. The number of nitrogens with zero attached hydrogens (tertiary/aromatic N) is 1. The average molecular weight is 668 g/mol. The lowest BCUT2D eigenvalue weighted by molar-refractivity contribution is -0.150. The Morgan fingerprint density at radius 2 is 0.936 bits per heavy atom. The van der Waals surface area contributed by atoms with Crippen LogP contribution in [-0.2, 0) is 19.1 Å². The first-order valence-electron chi connectivity index (χ1n) is 20.8. The molecule has 0 amide bonds. The summed E-state index contributed by atoms with van der Waals surface area (Å²) >= 11 is 0. The highest BCUT2D eigenvalue weighted by atomic mass is 16.5. The first-order valence-corrected chi connectivity index (χ1v) is 20.8. The number of aliphatic hydroxyl groups is 1. The number of hydrogen-bond donors (Lipinski definition) is 1. The molecule has 6 nitrogen and oxygen atoms in total. The monoisotopic (exact) mass is 668 g/mol. The van der Waals surface area contributed by atoms with E-state index in [1.807, 2.05) is 0 Å². The lowest BCUT2D eigenvalue weighted by Crippen LogP contribution is -2.29. The van der Waals surface area contributed by atoms with Gasteiger partial charge in [-0.1, -0.05) is 149 Å². The van der Waals surface area contributed by atoms with Crippen molar-refractivity contribution in [1.82, 2.24) is 4.90 Å². The van der Waals surface area contributed by atoms with Crippen LogP contribution in [0.5, 0.6) is 0 Å². The molecule has 0 aliphatic rings. The lowest BCUT2D eigenvalue weighted by atomic mass is 10.0. The van der Waals surface area contributed by atoms with Gasteiger partial charge in [-0.25, -0.2) is 0 Å². The SMILES string of the molecule is CCCCCCCCCCOC(=O)CCN(CCCO)CCCCCCCC(=O)OC(CCCCCCCC)CCCCCCCC. The van der Waals surface area contributed by atoms with Gasteiger partial charge in [0.05, 0.1) is 13.0 Å². The average Bonchev–Trinajstić information content (AvgIpc) is 3.07. The van der Waals surface area contributed by atoms with Gasteiger partial charge < -0.3 is 19.5 Å². The van der Waals surface area contributed by atoms with Gasteiger partial charge in [-0.05, 0) is 57.9 Å². The van der Waals surface area contributed by atoms with Crippen LogP contribution in [0.15, 0.2) is 0 Å². The van der Waals surface area contributed by atoms with Crippen molar-refractivity contribution in [1.29, 1.82) is 0 Å². The number of ether oxygens (including phenoxy) is 2. The van der Waals surface area contributed by atoms with Crippen molar-refractivity contribution in [3.05, 3.63) is 0 Å². The van der Waals surface area contributed by atoms with Crippen molar-refractivity contribution in [3.8, 4) is 0 Å². The van der Waals surface area contributed by atoms with E-state index in [-0.39, 0.29) is 24.6 Å². The summed E-state index contributed by atoms with van der Waals surface area (Å²) < 4.78 is 11.5. The van der Waals surface area contributed by atoms with Gasteiger partial charge >= 0.3 is 11.9 Å². The van der Waals surface area contributed by atoms with Crippen molar-refractivity contribution in [2.24, 2.45) is 0 Å². The summed E-state index contributed by atoms with van der Waals surface area (Å²) in [6, 6.07) is 0. The molecule has 0 saturated heterocycles. The van der Waals surface area contributed by atoms with Crippen LogP contribution in [0.25, 0.3) is 0 Å². The predicted octanol–water partition coefficient (Wildman–Crippen LogP) is 11.5. The van der Waals surface area contributed by atoms with Crippen molar-refractivity contribution in [2.75, 3.05) is 32.8 Å². The van der Waals surface area contributed by atoms with Gasteiger partial charge in [-0.3, -0.25) is 9.59 Å². The van der Waals surface area contributed by atoms with Crippen LogP contribution < -0.4 is 0 Å². The molecule has 47 heavy (non-hydrogen) atoms. The Bertz CT molecular complexity index is 642. The van der Waals surface area contributed by atoms with Crippen molar-refractivity contribution in [2.45, 2.75) is 219 Å². The van der Waals surface area contributed by atoms with E-state index in [9.17, 15) is 14.7 Å². The van der Waals surface area contributed by atoms with E-state index in [4.69, 9.17) is 9.47 Å². The highest BCUT2D eigenvalue weighted by Gasteiger charge is 2.14. The number of hydrogen-bond acceptors (Lipinski definition) is 6. The lowest BCUT2D eigenvalue weighted by Gasteiger charge is -2.21. The Kier molecular flexibility index (Phi) is 36.8. The molecule has 0 aliphatic carbocycles. The van der Waals surface area contributed by atoms with Gasteiger partial charge in [0.25, 0.3) is 0 Å². The van der Waals surface area contributed by atoms with E-state index < -0.39 is 0 Å². The molecule has 0 spiro atoms. The first kappa shape index (κ1) is 45.9. The third-order valence-corrected chi connectivity index (χ3v) is 9.44. The summed E-state index contributed by atoms with van der Waals surface area (Å²) in [5.74, 6) is -0.105. The molecule has 0 aromatic carbocycles. The van der Waals surface area contributed by atoms with Gasteiger partial charge in [0.2, 0.25) is 0 Å². The Morgan fingerprint density at radius 3 is 1.47 bits per heavy atom. The minimum Gasteiger partial charge on any atom is -0.466 e. The zero-order valence-electron chi connectivity index (χ0n) is 31.9. The molecule has 0 heterocycles. The molecular formula is C41H81NO5. The first-order chi connectivity index (χ1) is 23.1. The topological polar surface area (TPSA) is 76.1 Å². The van der Waals surface area contributed by atoms with Crippen molar-refractivity contribution >= 4 is 11.9 Å². The minimum atomic E-state index is -0.102. The van der Waals surface area contributed by atoms with Gasteiger partial charge in [0.15, 0.2) is 0 Å². The second-order valence-corrected chi connectivity index (χ2v) is 14.1. The standard InChI is InChI=1S/C41H81NO5/c1-4-7-10-13-16-17-23-28-38-46-40(44)33-36-42(35-29-37-43)34-27-22-18-21-26-32-41(45)47-39(30-24-19-14-11-8-5-2)31-25-20-15-12-9-6-3/h39,43H,4-38H2,1-3H3. The van der Waals surface area contributed by atoms with Gasteiger partial charge in [-0.15, -0.1) is 0 Å². The molecule has 0 aliphatic heterocycles. The maximum Gasteiger partial charge on any atom is 0.307 e. The van der Waals surface area contributed by atoms with Crippen LogP contribution in [-0.4, -0.2) is 60.9 Å². The van der Waals surface area contributed by atoms with Gasteiger partial charge in [0, 0.05) is 26.1 Å². The number of unbranched alkanes of at least 4 members (excludes halogenated alkanes) is 21. The second kappa shape index (κ2) is 37.7.